The quantitative estimate of drug-likeness (QED) is 0.401. The van der Waals surface area contributed by atoms with E-state index in [0.717, 1.165) is 22.4 Å². The molecule has 0 spiro atoms. The molecule has 132 valence electrons. The van der Waals surface area contributed by atoms with Crippen LogP contribution in [0.25, 0.3) is 0 Å². The van der Waals surface area contributed by atoms with Gasteiger partial charge in [0, 0.05) is 23.5 Å². The van der Waals surface area contributed by atoms with Crippen LogP contribution in [0.5, 0.6) is 5.75 Å². The van der Waals surface area contributed by atoms with Crippen molar-refractivity contribution >= 4 is 5.84 Å². The maximum Gasteiger partial charge on any atom is 0.170 e. The molecule has 5 nitrogen and oxygen atoms in total. The minimum atomic E-state index is -0.289. The number of pyridine rings is 1. The predicted octanol–water partition coefficient (Wildman–Crippen LogP) is 3.64. The van der Waals surface area contributed by atoms with Gasteiger partial charge in [0.15, 0.2) is 5.84 Å². The smallest absolute Gasteiger partial charge is 0.170 e. The van der Waals surface area contributed by atoms with Gasteiger partial charge in [0.1, 0.15) is 24.8 Å². The second kappa shape index (κ2) is 8.62. The largest absolute Gasteiger partial charge is 0.489 e. The Hall–Kier alpha value is -3.41. The highest BCUT2D eigenvalue weighted by Gasteiger charge is 2.02. The topological polar surface area (TPSA) is 69.7 Å². The number of rotatable bonds is 7. The zero-order valence-corrected chi connectivity index (χ0v) is 14.0. The van der Waals surface area contributed by atoms with E-state index in [0.29, 0.717) is 6.61 Å². The van der Waals surface area contributed by atoms with E-state index in [1.165, 1.54) is 12.1 Å². The summed E-state index contributed by atoms with van der Waals surface area (Å²) in [6.45, 7) is 0.658. The molecule has 2 aromatic carbocycles. The van der Waals surface area contributed by atoms with Gasteiger partial charge in [0.2, 0.25) is 0 Å². The van der Waals surface area contributed by atoms with E-state index in [1.54, 1.807) is 36.7 Å². The molecular weight excluding hydrogens is 333 g/mol. The van der Waals surface area contributed by atoms with E-state index >= 15 is 0 Å². The van der Waals surface area contributed by atoms with Crippen molar-refractivity contribution in [3.63, 3.8) is 0 Å². The lowest BCUT2D eigenvalue weighted by Gasteiger charge is -2.07. The molecule has 1 aromatic heterocycles. The maximum absolute atomic E-state index is 12.8. The number of amidine groups is 1. The van der Waals surface area contributed by atoms with Gasteiger partial charge in [-0.05, 0) is 48.0 Å². The van der Waals surface area contributed by atoms with E-state index in [-0.39, 0.29) is 18.3 Å². The van der Waals surface area contributed by atoms with E-state index < -0.39 is 0 Å². The first-order valence-corrected chi connectivity index (χ1v) is 8.03. The molecule has 6 heteroatoms. The fraction of sp³-hybridized carbons (Fsp3) is 0.100. The van der Waals surface area contributed by atoms with Crippen LogP contribution >= 0.6 is 0 Å². The highest BCUT2D eigenvalue weighted by Crippen LogP contribution is 2.14. The van der Waals surface area contributed by atoms with Gasteiger partial charge in [0.25, 0.3) is 0 Å². The summed E-state index contributed by atoms with van der Waals surface area (Å²) < 4.78 is 18.5. The number of nitrogens with zero attached hydrogens (tertiary/aromatic N) is 2. The monoisotopic (exact) mass is 351 g/mol. The Balaban J connectivity index is 1.52. The van der Waals surface area contributed by atoms with E-state index in [2.05, 4.69) is 10.1 Å². The van der Waals surface area contributed by atoms with E-state index in [4.69, 9.17) is 15.3 Å². The van der Waals surface area contributed by atoms with Crippen molar-refractivity contribution in [1.82, 2.24) is 4.98 Å². The Kier molecular flexibility index (Phi) is 5.77. The molecule has 0 amide bonds. The number of hydrogen-bond acceptors (Lipinski definition) is 4. The zero-order valence-electron chi connectivity index (χ0n) is 14.0. The van der Waals surface area contributed by atoms with Gasteiger partial charge in [-0.1, -0.05) is 23.4 Å². The molecule has 0 atom stereocenters. The molecule has 0 unspecified atom stereocenters. The van der Waals surface area contributed by atoms with Crippen LogP contribution in [0.15, 0.2) is 78.2 Å². The number of hydrogen-bond donors (Lipinski definition) is 1. The molecule has 0 aliphatic carbocycles. The first kappa shape index (κ1) is 17.4. The summed E-state index contributed by atoms with van der Waals surface area (Å²) >= 11 is 0. The zero-order chi connectivity index (χ0) is 18.2. The van der Waals surface area contributed by atoms with Gasteiger partial charge in [-0.2, -0.15) is 0 Å². The third kappa shape index (κ3) is 5.04. The number of benzene rings is 2. The fourth-order valence-corrected chi connectivity index (χ4v) is 2.18. The molecule has 0 radical (unpaired) electrons. The molecule has 0 saturated heterocycles. The van der Waals surface area contributed by atoms with Gasteiger partial charge in [-0.15, -0.1) is 0 Å². The second-order valence-corrected chi connectivity index (χ2v) is 5.55. The Morgan fingerprint density at radius 3 is 2.42 bits per heavy atom. The lowest BCUT2D eigenvalue weighted by Crippen LogP contribution is -2.13. The SMILES string of the molecule is NC(=NOCc1ccc(F)cc1)c1ccc(OCc2cccnc2)cc1. The molecule has 1 heterocycles. The minimum Gasteiger partial charge on any atom is -0.489 e. The van der Waals surface area contributed by atoms with Crippen molar-refractivity contribution in [2.45, 2.75) is 13.2 Å². The fourth-order valence-electron chi connectivity index (χ4n) is 2.18. The maximum atomic E-state index is 12.8. The van der Waals surface area contributed by atoms with Crippen LogP contribution in [0.1, 0.15) is 16.7 Å². The lowest BCUT2D eigenvalue weighted by molar-refractivity contribution is 0.130. The second-order valence-electron chi connectivity index (χ2n) is 5.55. The Labute approximate surface area is 150 Å². The average molecular weight is 351 g/mol. The number of halogens is 1. The highest BCUT2D eigenvalue weighted by atomic mass is 19.1. The van der Waals surface area contributed by atoms with Crippen LogP contribution in [-0.4, -0.2) is 10.8 Å². The van der Waals surface area contributed by atoms with Gasteiger partial charge in [-0.25, -0.2) is 4.39 Å². The molecule has 0 aliphatic rings. The summed E-state index contributed by atoms with van der Waals surface area (Å²) in [7, 11) is 0. The molecule has 0 saturated carbocycles. The highest BCUT2D eigenvalue weighted by molar-refractivity contribution is 5.97. The standard InChI is InChI=1S/C20H18FN3O2/c21-18-7-3-15(4-8-18)14-26-24-20(22)17-5-9-19(10-6-17)25-13-16-2-1-11-23-12-16/h1-12H,13-14H2,(H2,22,24). The molecule has 0 bridgehead atoms. The number of ether oxygens (including phenoxy) is 1. The molecule has 0 fully saturated rings. The number of oxime groups is 1. The third-order valence-electron chi connectivity index (χ3n) is 3.59. The van der Waals surface area contributed by atoms with Gasteiger partial charge >= 0.3 is 0 Å². The van der Waals surface area contributed by atoms with Gasteiger partial charge in [0.05, 0.1) is 0 Å². The first-order chi connectivity index (χ1) is 12.7. The Bertz CT molecular complexity index is 850. The van der Waals surface area contributed by atoms with Crippen molar-refractivity contribution in [2.24, 2.45) is 10.9 Å². The van der Waals surface area contributed by atoms with Crippen LogP contribution in [0, 0.1) is 5.82 Å². The van der Waals surface area contributed by atoms with Crippen molar-refractivity contribution < 1.29 is 14.0 Å². The van der Waals surface area contributed by atoms with Crippen LogP contribution < -0.4 is 10.5 Å². The summed E-state index contributed by atoms with van der Waals surface area (Å²) in [5, 5.41) is 3.89. The predicted molar refractivity (Wildman–Crippen MR) is 96.9 cm³/mol. The molecule has 2 N–H and O–H groups in total. The van der Waals surface area contributed by atoms with Crippen molar-refractivity contribution in [3.8, 4) is 5.75 Å². The van der Waals surface area contributed by atoms with E-state index in [1.807, 2.05) is 24.3 Å². The average Bonchev–Trinajstić information content (AvgIpc) is 2.69. The van der Waals surface area contributed by atoms with Gasteiger partial charge < -0.3 is 15.3 Å². The van der Waals surface area contributed by atoms with Crippen LogP contribution in [0.2, 0.25) is 0 Å². The molecule has 26 heavy (non-hydrogen) atoms. The molecule has 0 aliphatic heterocycles. The summed E-state index contributed by atoms with van der Waals surface area (Å²) in [5.41, 5.74) is 8.43. The lowest BCUT2D eigenvalue weighted by atomic mass is 10.2. The summed E-state index contributed by atoms with van der Waals surface area (Å²) in [4.78, 5) is 9.26. The summed E-state index contributed by atoms with van der Waals surface area (Å²) in [6, 6.07) is 17.1. The van der Waals surface area contributed by atoms with Crippen LogP contribution in [0.3, 0.4) is 0 Å². The minimum absolute atomic E-state index is 0.216. The van der Waals surface area contributed by atoms with Crippen molar-refractivity contribution in [3.05, 3.63) is 95.6 Å². The van der Waals surface area contributed by atoms with Gasteiger partial charge in [-0.3, -0.25) is 4.98 Å². The third-order valence-corrected chi connectivity index (χ3v) is 3.59. The first-order valence-electron chi connectivity index (χ1n) is 8.03. The number of aromatic nitrogens is 1. The number of nitrogens with two attached hydrogens (primary N) is 1. The summed E-state index contributed by atoms with van der Waals surface area (Å²) in [6.07, 6.45) is 3.48. The molecular formula is C20H18FN3O2. The molecule has 3 rings (SSSR count). The summed E-state index contributed by atoms with van der Waals surface area (Å²) in [5.74, 6) is 0.686. The normalized spacial score (nSPS) is 11.2. The van der Waals surface area contributed by atoms with Crippen molar-refractivity contribution in [1.29, 1.82) is 0 Å². The van der Waals surface area contributed by atoms with E-state index in [9.17, 15) is 4.39 Å². The van der Waals surface area contributed by atoms with Crippen molar-refractivity contribution in [2.75, 3.05) is 0 Å². The Morgan fingerprint density at radius 1 is 0.962 bits per heavy atom. The molecule has 3 aromatic rings. The Morgan fingerprint density at radius 2 is 1.73 bits per heavy atom. The van der Waals surface area contributed by atoms with Crippen LogP contribution in [-0.2, 0) is 18.1 Å². The van der Waals surface area contributed by atoms with Crippen LogP contribution in [0.4, 0.5) is 4.39 Å².